The van der Waals surface area contributed by atoms with Crippen LogP contribution in [-0.4, -0.2) is 15.2 Å². The van der Waals surface area contributed by atoms with E-state index in [0.29, 0.717) is 0 Å². The van der Waals surface area contributed by atoms with Gasteiger partial charge in [0.1, 0.15) is 0 Å². The summed E-state index contributed by atoms with van der Waals surface area (Å²) in [6.07, 6.45) is 6.84. The van der Waals surface area contributed by atoms with Gasteiger partial charge in [-0.15, -0.1) is 0 Å². The molecule has 1 atom stereocenters. The van der Waals surface area contributed by atoms with E-state index in [9.17, 15) is 4.79 Å². The smallest absolute Gasteiger partial charge is 0.328 e. The summed E-state index contributed by atoms with van der Waals surface area (Å²) >= 11 is 0. The zero-order chi connectivity index (χ0) is 11.3. The summed E-state index contributed by atoms with van der Waals surface area (Å²) in [6.45, 7) is 5.53. The van der Waals surface area contributed by atoms with Crippen LogP contribution in [-0.2, 0) is 13.1 Å². The van der Waals surface area contributed by atoms with Crippen LogP contribution in [0.15, 0.2) is 17.2 Å². The van der Waals surface area contributed by atoms with Crippen molar-refractivity contribution in [1.29, 1.82) is 0 Å². The number of aryl methyl sites for hydroxylation is 2. The predicted octanol–water partition coefficient (Wildman–Crippen LogP) is 1.19. The minimum absolute atomic E-state index is 0.0956. The highest BCUT2D eigenvalue weighted by Gasteiger charge is 2.01. The fourth-order valence-corrected chi connectivity index (χ4v) is 1.61. The summed E-state index contributed by atoms with van der Waals surface area (Å²) in [7, 11) is 0. The maximum atomic E-state index is 11.6. The fraction of sp³-hybridized carbons (Fsp3) is 0.727. The number of imidazole rings is 1. The normalized spacial score (nSPS) is 13.0. The van der Waals surface area contributed by atoms with Gasteiger partial charge < -0.3 is 5.73 Å². The predicted molar refractivity (Wildman–Crippen MR) is 61.9 cm³/mol. The first-order valence-electron chi connectivity index (χ1n) is 5.66. The molecule has 2 N–H and O–H groups in total. The molecule has 0 saturated carbocycles. The zero-order valence-corrected chi connectivity index (χ0v) is 9.65. The molecule has 0 aliphatic carbocycles. The Labute approximate surface area is 90.7 Å². The molecule has 1 unspecified atom stereocenters. The molecule has 1 rings (SSSR count). The van der Waals surface area contributed by atoms with Crippen molar-refractivity contribution in [2.75, 3.05) is 0 Å². The molecule has 0 radical (unpaired) electrons. The van der Waals surface area contributed by atoms with Gasteiger partial charge >= 0.3 is 5.69 Å². The third-order valence-corrected chi connectivity index (χ3v) is 2.57. The second kappa shape index (κ2) is 5.75. The Morgan fingerprint density at radius 1 is 1.33 bits per heavy atom. The quantitative estimate of drug-likeness (QED) is 0.718. The van der Waals surface area contributed by atoms with Crippen molar-refractivity contribution < 1.29 is 0 Å². The lowest BCUT2D eigenvalue weighted by Crippen LogP contribution is -2.23. The fourth-order valence-electron chi connectivity index (χ4n) is 1.61. The third-order valence-electron chi connectivity index (χ3n) is 2.57. The van der Waals surface area contributed by atoms with Gasteiger partial charge in [-0.25, -0.2) is 4.79 Å². The molecule has 4 nitrogen and oxygen atoms in total. The Hall–Kier alpha value is -1.03. The molecule has 0 aliphatic rings. The highest BCUT2D eigenvalue weighted by Crippen LogP contribution is 2.00. The number of hydrogen-bond acceptors (Lipinski definition) is 2. The van der Waals surface area contributed by atoms with Gasteiger partial charge in [-0.3, -0.25) is 9.13 Å². The lowest BCUT2D eigenvalue weighted by atomic mass is 10.1. The number of rotatable bonds is 6. The molecule has 0 fully saturated rings. The number of nitrogens with two attached hydrogens (primary N) is 1. The van der Waals surface area contributed by atoms with Crippen LogP contribution in [0.5, 0.6) is 0 Å². The minimum Gasteiger partial charge on any atom is -0.328 e. The van der Waals surface area contributed by atoms with Gasteiger partial charge in [-0.1, -0.05) is 6.42 Å². The zero-order valence-electron chi connectivity index (χ0n) is 9.65. The largest absolute Gasteiger partial charge is 0.328 e. The molecule has 0 aromatic carbocycles. The Balaban J connectivity index is 2.38. The van der Waals surface area contributed by atoms with E-state index in [1.807, 2.05) is 26.2 Å². The second-order valence-corrected chi connectivity index (χ2v) is 4.03. The van der Waals surface area contributed by atoms with Crippen molar-refractivity contribution >= 4 is 0 Å². The first-order chi connectivity index (χ1) is 7.15. The first kappa shape index (κ1) is 12.0. The Bertz CT molecular complexity index is 338. The van der Waals surface area contributed by atoms with Gasteiger partial charge in [0.2, 0.25) is 0 Å². The monoisotopic (exact) mass is 211 g/mol. The Morgan fingerprint density at radius 2 is 2.00 bits per heavy atom. The summed E-state index contributed by atoms with van der Waals surface area (Å²) in [5, 5.41) is 0. The molecule has 0 amide bonds. The second-order valence-electron chi connectivity index (χ2n) is 4.03. The summed E-state index contributed by atoms with van der Waals surface area (Å²) in [5.41, 5.74) is 5.75. The van der Waals surface area contributed by atoms with Crippen molar-refractivity contribution in [1.82, 2.24) is 9.13 Å². The van der Waals surface area contributed by atoms with E-state index in [2.05, 4.69) is 0 Å². The molecule has 15 heavy (non-hydrogen) atoms. The minimum atomic E-state index is 0.0956. The van der Waals surface area contributed by atoms with Crippen LogP contribution in [0.1, 0.15) is 33.1 Å². The van der Waals surface area contributed by atoms with E-state index in [1.54, 1.807) is 9.13 Å². The standard InChI is InChI=1S/C11H21N3O/c1-3-13-8-9-14(11(13)15)7-5-4-6-10(2)12/h8-10H,3-7,12H2,1-2H3. The molecule has 1 aromatic heterocycles. The molecule has 1 heterocycles. The molecule has 0 bridgehead atoms. The number of unbranched alkanes of at least 4 members (excludes halogenated alkanes) is 1. The highest BCUT2D eigenvalue weighted by atomic mass is 16.1. The van der Waals surface area contributed by atoms with Crippen LogP contribution in [0.3, 0.4) is 0 Å². The number of hydrogen-bond donors (Lipinski definition) is 1. The molecule has 0 aliphatic heterocycles. The van der Waals surface area contributed by atoms with Crippen LogP contribution >= 0.6 is 0 Å². The van der Waals surface area contributed by atoms with E-state index < -0.39 is 0 Å². The number of nitrogens with zero attached hydrogens (tertiary/aromatic N) is 2. The summed E-state index contributed by atoms with van der Waals surface area (Å²) in [5.74, 6) is 0. The van der Waals surface area contributed by atoms with E-state index in [1.165, 1.54) is 0 Å². The van der Waals surface area contributed by atoms with Gasteiger partial charge in [0.15, 0.2) is 0 Å². The molecular formula is C11H21N3O. The Kier molecular flexibility index (Phi) is 4.62. The Morgan fingerprint density at radius 3 is 2.53 bits per heavy atom. The van der Waals surface area contributed by atoms with Gasteiger partial charge in [-0.2, -0.15) is 0 Å². The van der Waals surface area contributed by atoms with E-state index in [0.717, 1.165) is 32.4 Å². The summed E-state index contributed by atoms with van der Waals surface area (Å²) < 4.78 is 3.48. The van der Waals surface area contributed by atoms with E-state index >= 15 is 0 Å². The first-order valence-corrected chi connectivity index (χ1v) is 5.66. The van der Waals surface area contributed by atoms with Crippen LogP contribution < -0.4 is 11.4 Å². The van der Waals surface area contributed by atoms with E-state index in [-0.39, 0.29) is 11.7 Å². The van der Waals surface area contributed by atoms with Crippen molar-refractivity contribution in [3.05, 3.63) is 22.9 Å². The topological polar surface area (TPSA) is 52.9 Å². The van der Waals surface area contributed by atoms with E-state index in [4.69, 9.17) is 5.73 Å². The maximum Gasteiger partial charge on any atom is 0.328 e. The highest BCUT2D eigenvalue weighted by molar-refractivity contribution is 4.80. The molecule has 0 spiro atoms. The average molecular weight is 211 g/mol. The average Bonchev–Trinajstić information content (AvgIpc) is 2.54. The van der Waals surface area contributed by atoms with Gasteiger partial charge in [-0.05, 0) is 26.7 Å². The van der Waals surface area contributed by atoms with Crippen LogP contribution in [0.4, 0.5) is 0 Å². The summed E-state index contributed by atoms with van der Waals surface area (Å²) in [4.78, 5) is 11.6. The molecule has 0 saturated heterocycles. The lowest BCUT2D eigenvalue weighted by molar-refractivity contribution is 0.534. The SMILES string of the molecule is CCn1ccn(CCCCC(C)N)c1=O. The molecule has 86 valence electrons. The number of aromatic nitrogens is 2. The van der Waals surface area contributed by atoms with Gasteiger partial charge in [0.25, 0.3) is 0 Å². The van der Waals surface area contributed by atoms with Crippen molar-refractivity contribution in [3.63, 3.8) is 0 Å². The van der Waals surface area contributed by atoms with Crippen molar-refractivity contribution in [2.24, 2.45) is 5.73 Å². The van der Waals surface area contributed by atoms with Crippen LogP contribution in [0.2, 0.25) is 0 Å². The maximum absolute atomic E-state index is 11.6. The van der Waals surface area contributed by atoms with Crippen LogP contribution in [0, 0.1) is 0 Å². The third kappa shape index (κ3) is 3.55. The molecule has 4 heteroatoms. The van der Waals surface area contributed by atoms with Crippen molar-refractivity contribution in [3.8, 4) is 0 Å². The summed E-state index contributed by atoms with van der Waals surface area (Å²) in [6, 6.07) is 0.266. The lowest BCUT2D eigenvalue weighted by Gasteiger charge is -2.04. The van der Waals surface area contributed by atoms with Crippen LogP contribution in [0.25, 0.3) is 0 Å². The van der Waals surface area contributed by atoms with Gasteiger partial charge in [0.05, 0.1) is 0 Å². The molecular weight excluding hydrogens is 190 g/mol. The van der Waals surface area contributed by atoms with Crippen molar-refractivity contribution in [2.45, 2.75) is 52.2 Å². The van der Waals surface area contributed by atoms with Gasteiger partial charge in [0, 0.05) is 31.5 Å². The molecule has 1 aromatic rings.